The first-order valence-corrected chi connectivity index (χ1v) is 2.97. The highest BCUT2D eigenvalue weighted by Gasteiger charge is 2.08. The molecule has 10 heavy (non-hydrogen) atoms. The summed E-state index contributed by atoms with van der Waals surface area (Å²) in [7, 11) is 0. The molecule has 0 saturated carbocycles. The first-order chi connectivity index (χ1) is 4.72. The van der Waals surface area contributed by atoms with Gasteiger partial charge in [0.25, 0.3) is 5.91 Å². The summed E-state index contributed by atoms with van der Waals surface area (Å²) in [6.45, 7) is 1.78. The van der Waals surface area contributed by atoms with E-state index in [1.807, 2.05) is 5.43 Å². The van der Waals surface area contributed by atoms with Crippen LogP contribution in [0.25, 0.3) is 0 Å². The van der Waals surface area contributed by atoms with Crippen molar-refractivity contribution in [2.75, 3.05) is 0 Å². The molecule has 0 aromatic carbocycles. The maximum atomic E-state index is 10.7. The molecule has 0 bridgehead atoms. The highest BCUT2D eigenvalue weighted by atomic mass is 16.2. The Morgan fingerprint density at radius 2 is 2.40 bits per heavy atom. The Labute approximate surface area is 58.9 Å². The summed E-state index contributed by atoms with van der Waals surface area (Å²) >= 11 is 0. The van der Waals surface area contributed by atoms with E-state index in [-0.39, 0.29) is 5.91 Å². The number of nitrogens with two attached hydrogens (primary N) is 1. The predicted molar refractivity (Wildman–Crippen MR) is 35.6 cm³/mol. The molecule has 1 atom stereocenters. The van der Waals surface area contributed by atoms with E-state index in [2.05, 4.69) is 5.43 Å². The molecule has 1 unspecified atom stereocenters. The zero-order valence-corrected chi connectivity index (χ0v) is 5.76. The van der Waals surface area contributed by atoms with Crippen LogP contribution in [0.4, 0.5) is 0 Å². The minimum Gasteiger partial charge on any atom is -0.320 e. The van der Waals surface area contributed by atoms with Crippen molar-refractivity contribution in [3.05, 3.63) is 0 Å². The highest BCUT2D eigenvalue weighted by Crippen LogP contribution is 1.82. The first kappa shape index (κ1) is 8.90. The van der Waals surface area contributed by atoms with E-state index >= 15 is 0 Å². The number of hydrogen-bond donors (Lipinski definition) is 3. The molecule has 0 radical (unpaired) electrons. The number of rotatable bonds is 4. The minimum atomic E-state index is -0.549. The van der Waals surface area contributed by atoms with Gasteiger partial charge in [0, 0.05) is 0 Å². The molecule has 0 heterocycles. The van der Waals surface area contributed by atoms with Crippen LogP contribution < -0.4 is 16.6 Å². The molecule has 4 N–H and O–H groups in total. The fraction of sp³-hybridized carbons (Fsp3) is 0.600. The largest absolute Gasteiger partial charge is 0.320 e. The normalized spacial score (nSPS) is 11.8. The summed E-state index contributed by atoms with van der Waals surface area (Å²) in [4.78, 5) is 20.3. The number of hydrazine groups is 1. The molecule has 0 aliphatic carbocycles. The molecule has 5 heteroatoms. The number of carbonyl (C=O) groups is 2. The number of amides is 2. The second kappa shape index (κ2) is 4.75. The third-order valence-electron chi connectivity index (χ3n) is 1.03. The van der Waals surface area contributed by atoms with Crippen LogP contribution in [0, 0.1) is 0 Å². The molecule has 0 aliphatic rings. The topological polar surface area (TPSA) is 84.2 Å². The standard InChI is InChI=1S/C5H11N3O2/c1-2-4(6)5(10)8-7-3-9/h3-4H,2,6H2,1H3,(H,7,9)(H,8,10). The third-order valence-corrected chi connectivity index (χ3v) is 1.03. The van der Waals surface area contributed by atoms with E-state index in [9.17, 15) is 9.59 Å². The van der Waals surface area contributed by atoms with Gasteiger partial charge in [-0.05, 0) is 6.42 Å². The summed E-state index contributed by atoms with van der Waals surface area (Å²) < 4.78 is 0. The van der Waals surface area contributed by atoms with E-state index in [1.54, 1.807) is 6.92 Å². The van der Waals surface area contributed by atoms with Gasteiger partial charge in [-0.1, -0.05) is 6.92 Å². The van der Waals surface area contributed by atoms with E-state index < -0.39 is 6.04 Å². The maximum Gasteiger partial charge on any atom is 0.255 e. The van der Waals surface area contributed by atoms with Gasteiger partial charge in [0.1, 0.15) is 0 Å². The number of hydrogen-bond acceptors (Lipinski definition) is 3. The van der Waals surface area contributed by atoms with Gasteiger partial charge in [-0.15, -0.1) is 0 Å². The van der Waals surface area contributed by atoms with Crippen molar-refractivity contribution in [3.63, 3.8) is 0 Å². The van der Waals surface area contributed by atoms with Gasteiger partial charge >= 0.3 is 0 Å². The van der Waals surface area contributed by atoms with Gasteiger partial charge in [-0.25, -0.2) is 0 Å². The molecule has 0 saturated heterocycles. The van der Waals surface area contributed by atoms with Crippen molar-refractivity contribution in [1.82, 2.24) is 10.9 Å². The second-order valence-electron chi connectivity index (χ2n) is 1.77. The van der Waals surface area contributed by atoms with Crippen LogP contribution in [-0.4, -0.2) is 18.4 Å². The van der Waals surface area contributed by atoms with Crippen LogP contribution in [0.15, 0.2) is 0 Å². The molecule has 5 nitrogen and oxygen atoms in total. The monoisotopic (exact) mass is 145 g/mol. The lowest BCUT2D eigenvalue weighted by Crippen LogP contribution is -2.46. The minimum absolute atomic E-state index is 0.375. The number of nitrogens with one attached hydrogen (secondary N) is 2. The Kier molecular flexibility index (Phi) is 4.23. The van der Waals surface area contributed by atoms with E-state index in [4.69, 9.17) is 5.73 Å². The molecule has 58 valence electrons. The van der Waals surface area contributed by atoms with Crippen LogP contribution in [0.2, 0.25) is 0 Å². The molecule has 0 aliphatic heterocycles. The average molecular weight is 145 g/mol. The SMILES string of the molecule is CCC(N)C(=O)NNC=O. The van der Waals surface area contributed by atoms with Crippen LogP contribution >= 0.6 is 0 Å². The molecule has 2 amide bonds. The van der Waals surface area contributed by atoms with E-state index in [0.29, 0.717) is 12.8 Å². The van der Waals surface area contributed by atoms with Crippen molar-refractivity contribution in [3.8, 4) is 0 Å². The zero-order chi connectivity index (χ0) is 7.98. The van der Waals surface area contributed by atoms with Crippen LogP contribution in [0.1, 0.15) is 13.3 Å². The quantitative estimate of drug-likeness (QED) is 0.332. The molecule has 0 aromatic rings. The van der Waals surface area contributed by atoms with Crippen molar-refractivity contribution in [1.29, 1.82) is 0 Å². The fourth-order valence-electron chi connectivity index (χ4n) is 0.379. The highest BCUT2D eigenvalue weighted by molar-refractivity contribution is 5.81. The average Bonchev–Trinajstić information content (AvgIpc) is 1.98. The summed E-state index contributed by atoms with van der Waals surface area (Å²) in [6, 6.07) is -0.549. The molecule has 0 spiro atoms. The Hall–Kier alpha value is -1.10. The predicted octanol–water partition coefficient (Wildman–Crippen LogP) is -1.50. The zero-order valence-electron chi connectivity index (χ0n) is 5.76. The van der Waals surface area contributed by atoms with Crippen LogP contribution in [-0.2, 0) is 9.59 Å². The van der Waals surface area contributed by atoms with Gasteiger partial charge in [0.15, 0.2) is 0 Å². The van der Waals surface area contributed by atoms with Crippen LogP contribution in [0.3, 0.4) is 0 Å². The van der Waals surface area contributed by atoms with Gasteiger partial charge in [0.2, 0.25) is 6.41 Å². The Balaban J connectivity index is 3.51. The number of carbonyl (C=O) groups excluding carboxylic acids is 2. The van der Waals surface area contributed by atoms with E-state index in [0.717, 1.165) is 0 Å². The van der Waals surface area contributed by atoms with E-state index in [1.165, 1.54) is 0 Å². The van der Waals surface area contributed by atoms with Crippen molar-refractivity contribution < 1.29 is 9.59 Å². The Bertz CT molecular complexity index is 126. The summed E-state index contributed by atoms with van der Waals surface area (Å²) in [5.41, 5.74) is 9.39. The van der Waals surface area contributed by atoms with Crippen molar-refractivity contribution in [2.24, 2.45) is 5.73 Å². The lowest BCUT2D eigenvalue weighted by atomic mass is 10.2. The van der Waals surface area contributed by atoms with Gasteiger partial charge < -0.3 is 5.73 Å². The third kappa shape index (κ3) is 3.03. The Morgan fingerprint density at radius 1 is 1.80 bits per heavy atom. The fourth-order valence-corrected chi connectivity index (χ4v) is 0.379. The lowest BCUT2D eigenvalue weighted by Gasteiger charge is -2.07. The van der Waals surface area contributed by atoms with Crippen LogP contribution in [0.5, 0.6) is 0 Å². The molecule has 0 rings (SSSR count). The Morgan fingerprint density at radius 3 is 2.80 bits per heavy atom. The maximum absolute atomic E-state index is 10.7. The van der Waals surface area contributed by atoms with Crippen molar-refractivity contribution >= 4 is 12.3 Å². The van der Waals surface area contributed by atoms with Gasteiger partial charge in [0.05, 0.1) is 6.04 Å². The first-order valence-electron chi connectivity index (χ1n) is 2.97. The van der Waals surface area contributed by atoms with Gasteiger partial charge in [-0.3, -0.25) is 20.4 Å². The summed E-state index contributed by atoms with van der Waals surface area (Å²) in [6.07, 6.45) is 0.923. The second-order valence-corrected chi connectivity index (χ2v) is 1.77. The van der Waals surface area contributed by atoms with Crippen molar-refractivity contribution in [2.45, 2.75) is 19.4 Å². The molecule has 0 aromatic heterocycles. The lowest BCUT2D eigenvalue weighted by molar-refractivity contribution is -0.125. The summed E-state index contributed by atoms with van der Waals surface area (Å²) in [5.74, 6) is -0.380. The smallest absolute Gasteiger partial charge is 0.255 e. The summed E-state index contributed by atoms with van der Waals surface area (Å²) in [5, 5.41) is 0. The van der Waals surface area contributed by atoms with Gasteiger partial charge in [-0.2, -0.15) is 0 Å². The molecular formula is C5H11N3O2. The molecule has 0 fully saturated rings. The molecular weight excluding hydrogens is 134 g/mol.